The van der Waals surface area contributed by atoms with E-state index in [-0.39, 0.29) is 5.91 Å². The van der Waals surface area contributed by atoms with E-state index in [1.807, 2.05) is 18.2 Å². The molecule has 0 spiro atoms. The second kappa shape index (κ2) is 6.71. The van der Waals surface area contributed by atoms with Gasteiger partial charge in [-0.15, -0.1) is 0 Å². The lowest BCUT2D eigenvalue weighted by atomic mass is 9.96. The fourth-order valence-corrected chi connectivity index (χ4v) is 2.88. The molecular weight excluding hydrogens is 236 g/mol. The van der Waals surface area contributed by atoms with Crippen molar-refractivity contribution in [3.05, 3.63) is 35.4 Å². The zero-order chi connectivity index (χ0) is 13.7. The van der Waals surface area contributed by atoms with Gasteiger partial charge in [0.1, 0.15) is 0 Å². The van der Waals surface area contributed by atoms with Crippen LogP contribution in [0.5, 0.6) is 0 Å². The summed E-state index contributed by atoms with van der Waals surface area (Å²) >= 11 is 0. The molecule has 0 heterocycles. The third-order valence-corrected chi connectivity index (χ3v) is 4.14. The van der Waals surface area contributed by atoms with Crippen molar-refractivity contribution in [2.75, 3.05) is 0 Å². The Bertz CT molecular complexity index is 431. The van der Waals surface area contributed by atoms with Crippen molar-refractivity contribution in [1.82, 2.24) is 5.32 Å². The van der Waals surface area contributed by atoms with Gasteiger partial charge in [0.2, 0.25) is 5.91 Å². The van der Waals surface area contributed by atoms with Crippen LogP contribution in [0.3, 0.4) is 0 Å². The van der Waals surface area contributed by atoms with Crippen molar-refractivity contribution in [3.8, 4) is 0 Å². The van der Waals surface area contributed by atoms with Crippen LogP contribution in [-0.2, 0) is 6.54 Å². The van der Waals surface area contributed by atoms with Crippen LogP contribution in [0, 0.1) is 5.92 Å². The molecule has 1 amide bonds. The molecule has 0 radical (unpaired) electrons. The molecule has 3 N–H and O–H groups in total. The molecule has 2 rings (SSSR count). The van der Waals surface area contributed by atoms with Crippen LogP contribution in [-0.4, -0.2) is 11.9 Å². The van der Waals surface area contributed by atoms with E-state index in [1.54, 1.807) is 6.07 Å². The highest BCUT2D eigenvalue weighted by molar-refractivity contribution is 5.92. The maximum Gasteiger partial charge on any atom is 0.248 e. The van der Waals surface area contributed by atoms with Crippen LogP contribution in [0.25, 0.3) is 0 Å². The van der Waals surface area contributed by atoms with Crippen LogP contribution < -0.4 is 11.1 Å². The fraction of sp³-hybridized carbons (Fsp3) is 0.562. The Kier molecular flexibility index (Phi) is 4.97. The maximum absolute atomic E-state index is 11.2. The molecule has 1 aliphatic rings. The molecule has 0 aliphatic heterocycles. The highest BCUT2D eigenvalue weighted by Gasteiger charge is 2.19. The van der Waals surface area contributed by atoms with E-state index < -0.39 is 0 Å². The quantitative estimate of drug-likeness (QED) is 0.818. The standard InChI is InChI=1S/C16H24N2O/c1-12-6-3-2-4-9-15(12)18-11-13-7-5-8-14(10-13)16(17)19/h5,7-8,10,12,15,18H,2-4,6,9,11H2,1H3,(H2,17,19). The van der Waals surface area contributed by atoms with Gasteiger partial charge in [0.05, 0.1) is 0 Å². The average molecular weight is 260 g/mol. The lowest BCUT2D eigenvalue weighted by molar-refractivity contribution is 0.1000. The van der Waals surface area contributed by atoms with Gasteiger partial charge < -0.3 is 11.1 Å². The van der Waals surface area contributed by atoms with Crippen LogP contribution in [0.4, 0.5) is 0 Å². The number of carbonyl (C=O) groups is 1. The molecule has 19 heavy (non-hydrogen) atoms. The Morgan fingerprint density at radius 3 is 2.89 bits per heavy atom. The summed E-state index contributed by atoms with van der Waals surface area (Å²) in [6.45, 7) is 3.15. The maximum atomic E-state index is 11.2. The van der Waals surface area contributed by atoms with E-state index in [0.29, 0.717) is 11.6 Å². The molecule has 0 bridgehead atoms. The lowest BCUT2D eigenvalue weighted by Gasteiger charge is -2.23. The molecule has 2 unspecified atom stereocenters. The minimum absolute atomic E-state index is 0.357. The summed E-state index contributed by atoms with van der Waals surface area (Å²) in [6, 6.07) is 8.19. The van der Waals surface area contributed by atoms with E-state index in [0.717, 1.165) is 18.0 Å². The average Bonchev–Trinajstić information content (AvgIpc) is 2.61. The number of nitrogens with one attached hydrogen (secondary N) is 1. The topological polar surface area (TPSA) is 55.1 Å². The van der Waals surface area contributed by atoms with Crippen LogP contribution in [0.15, 0.2) is 24.3 Å². The fourth-order valence-electron chi connectivity index (χ4n) is 2.88. The third-order valence-electron chi connectivity index (χ3n) is 4.14. The SMILES string of the molecule is CC1CCCCCC1NCc1cccc(C(N)=O)c1. The first kappa shape index (κ1) is 14.1. The van der Waals surface area contributed by atoms with Crippen LogP contribution in [0.1, 0.15) is 54.9 Å². The van der Waals surface area contributed by atoms with E-state index in [9.17, 15) is 4.79 Å². The first-order valence-corrected chi connectivity index (χ1v) is 7.29. The van der Waals surface area contributed by atoms with Gasteiger partial charge in [-0.05, 0) is 36.5 Å². The van der Waals surface area contributed by atoms with Crippen molar-refractivity contribution < 1.29 is 4.79 Å². The number of rotatable bonds is 4. The number of carbonyl (C=O) groups excluding carboxylic acids is 1. The van der Waals surface area contributed by atoms with Crippen molar-refractivity contribution >= 4 is 5.91 Å². The third kappa shape index (κ3) is 4.06. The Morgan fingerprint density at radius 2 is 2.11 bits per heavy atom. The zero-order valence-corrected chi connectivity index (χ0v) is 11.7. The number of benzene rings is 1. The number of nitrogens with two attached hydrogens (primary N) is 1. The predicted octanol–water partition coefficient (Wildman–Crippen LogP) is 2.84. The van der Waals surface area contributed by atoms with Gasteiger partial charge in [-0.3, -0.25) is 4.79 Å². The Labute approximate surface area is 115 Å². The molecule has 0 saturated heterocycles. The van der Waals surface area contributed by atoms with Crippen LogP contribution in [0.2, 0.25) is 0 Å². The number of hydrogen-bond donors (Lipinski definition) is 2. The van der Waals surface area contributed by atoms with Crippen molar-refractivity contribution in [1.29, 1.82) is 0 Å². The van der Waals surface area contributed by atoms with Gasteiger partial charge in [-0.2, -0.15) is 0 Å². The second-order valence-corrected chi connectivity index (χ2v) is 5.67. The van der Waals surface area contributed by atoms with E-state index in [2.05, 4.69) is 12.2 Å². The van der Waals surface area contributed by atoms with E-state index >= 15 is 0 Å². The van der Waals surface area contributed by atoms with Gasteiger partial charge in [-0.25, -0.2) is 0 Å². The molecule has 1 aliphatic carbocycles. The molecule has 1 fully saturated rings. The predicted molar refractivity (Wildman–Crippen MR) is 77.8 cm³/mol. The minimum atomic E-state index is -0.357. The lowest BCUT2D eigenvalue weighted by Crippen LogP contribution is -2.33. The van der Waals surface area contributed by atoms with Gasteiger partial charge in [-0.1, -0.05) is 38.3 Å². The second-order valence-electron chi connectivity index (χ2n) is 5.67. The van der Waals surface area contributed by atoms with Crippen molar-refractivity contribution in [2.24, 2.45) is 11.7 Å². The number of primary amides is 1. The van der Waals surface area contributed by atoms with E-state index in [4.69, 9.17) is 5.73 Å². The molecule has 1 aromatic rings. The monoisotopic (exact) mass is 260 g/mol. The minimum Gasteiger partial charge on any atom is -0.366 e. The van der Waals surface area contributed by atoms with Gasteiger partial charge >= 0.3 is 0 Å². The Hall–Kier alpha value is -1.35. The molecule has 104 valence electrons. The van der Waals surface area contributed by atoms with Gasteiger partial charge in [0.25, 0.3) is 0 Å². The highest BCUT2D eigenvalue weighted by atomic mass is 16.1. The van der Waals surface area contributed by atoms with Gasteiger partial charge in [0, 0.05) is 18.2 Å². The number of amides is 1. The summed E-state index contributed by atoms with van der Waals surface area (Å²) in [5.74, 6) is 0.381. The molecular formula is C16H24N2O. The molecule has 3 nitrogen and oxygen atoms in total. The van der Waals surface area contributed by atoms with E-state index in [1.165, 1.54) is 32.1 Å². The highest BCUT2D eigenvalue weighted by Crippen LogP contribution is 2.23. The Balaban J connectivity index is 1.93. The summed E-state index contributed by atoms with van der Waals surface area (Å²) < 4.78 is 0. The van der Waals surface area contributed by atoms with Crippen molar-refractivity contribution in [2.45, 2.75) is 51.6 Å². The normalized spacial score (nSPS) is 23.8. The summed E-state index contributed by atoms with van der Waals surface area (Å²) in [4.78, 5) is 11.2. The number of hydrogen-bond acceptors (Lipinski definition) is 2. The smallest absolute Gasteiger partial charge is 0.248 e. The van der Waals surface area contributed by atoms with Crippen molar-refractivity contribution in [3.63, 3.8) is 0 Å². The molecule has 1 saturated carbocycles. The summed E-state index contributed by atoms with van der Waals surface area (Å²) in [7, 11) is 0. The first-order valence-electron chi connectivity index (χ1n) is 7.29. The zero-order valence-electron chi connectivity index (χ0n) is 11.7. The molecule has 1 aromatic carbocycles. The largest absolute Gasteiger partial charge is 0.366 e. The summed E-state index contributed by atoms with van der Waals surface area (Å²) in [6.07, 6.45) is 6.62. The van der Waals surface area contributed by atoms with Gasteiger partial charge in [0.15, 0.2) is 0 Å². The molecule has 3 heteroatoms. The summed E-state index contributed by atoms with van der Waals surface area (Å²) in [5, 5.41) is 3.64. The van der Waals surface area contributed by atoms with Crippen LogP contribution >= 0.6 is 0 Å². The Morgan fingerprint density at radius 1 is 1.32 bits per heavy atom. The first-order chi connectivity index (χ1) is 9.16. The summed E-state index contributed by atoms with van der Waals surface area (Å²) in [5.41, 5.74) is 7.03. The molecule has 2 atom stereocenters. The molecule has 0 aromatic heterocycles.